The Hall–Kier alpha value is -2.11. The lowest BCUT2D eigenvalue weighted by molar-refractivity contribution is -0.132. The minimum atomic E-state index is -0.981. The SMILES string of the molecule is C=CC(=O)O.C=CC(=O)O.O=C1CCCN1. The van der Waals surface area contributed by atoms with Crippen LogP contribution in [0.15, 0.2) is 25.3 Å². The summed E-state index contributed by atoms with van der Waals surface area (Å²) in [5.41, 5.74) is 0. The molecule has 0 atom stereocenters. The van der Waals surface area contributed by atoms with E-state index in [1.807, 2.05) is 0 Å². The predicted octanol–water partition coefficient (Wildman–Crippen LogP) is 0.410. The third kappa shape index (κ3) is 17.8. The molecule has 1 aliphatic rings. The molecule has 1 saturated heterocycles. The number of nitrogens with one attached hydrogen (secondary N) is 1. The maximum absolute atomic E-state index is 10.1. The maximum atomic E-state index is 10.1. The molecule has 0 saturated carbocycles. The number of amides is 1. The number of aliphatic carboxylic acids is 2. The van der Waals surface area contributed by atoms with Crippen LogP contribution >= 0.6 is 0 Å². The molecule has 1 aliphatic heterocycles. The van der Waals surface area contributed by atoms with Crippen LogP contribution in [-0.4, -0.2) is 34.6 Å². The Balaban J connectivity index is 0. The Labute approximate surface area is 93.3 Å². The number of hydrogen-bond acceptors (Lipinski definition) is 3. The first-order valence-corrected chi connectivity index (χ1v) is 4.41. The molecule has 1 fully saturated rings. The van der Waals surface area contributed by atoms with Gasteiger partial charge in [-0.05, 0) is 6.42 Å². The summed E-state index contributed by atoms with van der Waals surface area (Å²) >= 11 is 0. The molecule has 0 aliphatic carbocycles. The molecule has 0 radical (unpaired) electrons. The monoisotopic (exact) mass is 229 g/mol. The highest BCUT2D eigenvalue weighted by Crippen LogP contribution is 1.93. The van der Waals surface area contributed by atoms with Gasteiger partial charge in [0, 0.05) is 25.1 Å². The van der Waals surface area contributed by atoms with E-state index >= 15 is 0 Å². The van der Waals surface area contributed by atoms with Crippen molar-refractivity contribution in [1.29, 1.82) is 0 Å². The standard InChI is InChI=1S/C4H7NO.2C3H4O2/c6-4-2-1-3-5-4;2*1-2-3(4)5/h1-3H2,(H,5,6);2*2H,1H2,(H,4,5). The Morgan fingerprint density at radius 2 is 1.56 bits per heavy atom. The first kappa shape index (κ1) is 16.3. The molecule has 0 aromatic rings. The molecule has 0 aromatic heterocycles. The van der Waals surface area contributed by atoms with Crippen molar-refractivity contribution >= 4 is 17.8 Å². The predicted molar refractivity (Wildman–Crippen MR) is 57.9 cm³/mol. The number of carboxylic acid groups (broad SMARTS) is 2. The number of carbonyl (C=O) groups excluding carboxylic acids is 1. The number of rotatable bonds is 2. The van der Waals surface area contributed by atoms with Crippen molar-refractivity contribution in [2.45, 2.75) is 12.8 Å². The first-order valence-electron chi connectivity index (χ1n) is 4.41. The summed E-state index contributed by atoms with van der Waals surface area (Å²) in [5, 5.41) is 17.9. The normalized spacial score (nSPS) is 11.9. The zero-order valence-corrected chi connectivity index (χ0v) is 8.81. The van der Waals surface area contributed by atoms with Crippen LogP contribution in [0.3, 0.4) is 0 Å². The highest BCUT2D eigenvalue weighted by Gasteiger charge is 2.05. The van der Waals surface area contributed by atoms with Crippen molar-refractivity contribution in [3.8, 4) is 0 Å². The van der Waals surface area contributed by atoms with Gasteiger partial charge >= 0.3 is 11.9 Å². The molecule has 6 heteroatoms. The Bertz CT molecular complexity index is 246. The van der Waals surface area contributed by atoms with Crippen molar-refractivity contribution in [3.05, 3.63) is 25.3 Å². The molecule has 0 spiro atoms. The molecule has 90 valence electrons. The van der Waals surface area contributed by atoms with Gasteiger partial charge in [0.05, 0.1) is 0 Å². The quantitative estimate of drug-likeness (QED) is 0.595. The molecule has 6 nitrogen and oxygen atoms in total. The van der Waals surface area contributed by atoms with Crippen LogP contribution < -0.4 is 5.32 Å². The van der Waals surface area contributed by atoms with Gasteiger partial charge in [-0.3, -0.25) is 4.79 Å². The Kier molecular flexibility index (Phi) is 11.2. The average Bonchev–Trinajstić information content (AvgIpc) is 2.71. The van der Waals surface area contributed by atoms with Crippen LogP contribution in [0.2, 0.25) is 0 Å². The summed E-state index contributed by atoms with van der Waals surface area (Å²) in [6.45, 7) is 6.81. The fourth-order valence-electron chi connectivity index (χ4n) is 0.565. The largest absolute Gasteiger partial charge is 0.478 e. The van der Waals surface area contributed by atoms with Crippen LogP contribution in [0.5, 0.6) is 0 Å². The third-order valence-electron chi connectivity index (χ3n) is 1.25. The third-order valence-corrected chi connectivity index (χ3v) is 1.25. The van der Waals surface area contributed by atoms with Crippen LogP contribution in [-0.2, 0) is 14.4 Å². The lowest BCUT2D eigenvalue weighted by atomic mass is 10.4. The molecular formula is C10H15NO5. The summed E-state index contributed by atoms with van der Waals surface area (Å²) in [7, 11) is 0. The first-order chi connectivity index (χ1) is 7.43. The molecule has 16 heavy (non-hydrogen) atoms. The van der Waals surface area contributed by atoms with Crippen LogP contribution in [0.1, 0.15) is 12.8 Å². The van der Waals surface area contributed by atoms with Crippen LogP contribution in [0.4, 0.5) is 0 Å². The summed E-state index contributed by atoms with van der Waals surface area (Å²) in [6, 6.07) is 0. The van der Waals surface area contributed by atoms with Crippen molar-refractivity contribution in [3.63, 3.8) is 0 Å². The molecule has 1 rings (SSSR count). The average molecular weight is 229 g/mol. The van der Waals surface area contributed by atoms with Gasteiger partial charge < -0.3 is 15.5 Å². The van der Waals surface area contributed by atoms with Gasteiger partial charge in [0.2, 0.25) is 5.91 Å². The molecule has 0 unspecified atom stereocenters. The minimum Gasteiger partial charge on any atom is -0.478 e. The second kappa shape index (κ2) is 11.0. The number of carboxylic acids is 2. The lowest BCUT2D eigenvalue weighted by Crippen LogP contribution is -2.12. The molecule has 3 N–H and O–H groups in total. The smallest absolute Gasteiger partial charge is 0.327 e. The van der Waals surface area contributed by atoms with Crippen molar-refractivity contribution in [2.24, 2.45) is 0 Å². The molecule has 0 bridgehead atoms. The van der Waals surface area contributed by atoms with E-state index in [0.717, 1.165) is 31.5 Å². The van der Waals surface area contributed by atoms with E-state index in [1.165, 1.54) is 0 Å². The van der Waals surface area contributed by atoms with E-state index in [9.17, 15) is 14.4 Å². The molecule has 1 amide bonds. The van der Waals surface area contributed by atoms with E-state index in [4.69, 9.17) is 10.2 Å². The van der Waals surface area contributed by atoms with Gasteiger partial charge in [0.1, 0.15) is 0 Å². The highest BCUT2D eigenvalue weighted by molar-refractivity contribution is 5.79. The van der Waals surface area contributed by atoms with Gasteiger partial charge in [0.15, 0.2) is 0 Å². The molecule has 1 heterocycles. The fraction of sp³-hybridized carbons (Fsp3) is 0.300. The van der Waals surface area contributed by atoms with E-state index in [-0.39, 0.29) is 5.91 Å². The van der Waals surface area contributed by atoms with E-state index in [0.29, 0.717) is 0 Å². The zero-order chi connectivity index (χ0) is 13.0. The van der Waals surface area contributed by atoms with E-state index in [2.05, 4.69) is 18.5 Å². The number of carbonyl (C=O) groups is 3. The highest BCUT2D eigenvalue weighted by atomic mass is 16.4. The van der Waals surface area contributed by atoms with Gasteiger partial charge in [-0.25, -0.2) is 9.59 Å². The van der Waals surface area contributed by atoms with Crippen LogP contribution in [0.25, 0.3) is 0 Å². The fourth-order valence-corrected chi connectivity index (χ4v) is 0.565. The van der Waals surface area contributed by atoms with Crippen LogP contribution in [0, 0.1) is 0 Å². The van der Waals surface area contributed by atoms with Crippen molar-refractivity contribution in [2.75, 3.05) is 6.54 Å². The van der Waals surface area contributed by atoms with Crippen molar-refractivity contribution < 1.29 is 24.6 Å². The Morgan fingerprint density at radius 3 is 1.62 bits per heavy atom. The second-order valence-electron chi connectivity index (χ2n) is 2.54. The Morgan fingerprint density at radius 1 is 1.19 bits per heavy atom. The summed E-state index contributed by atoms with van der Waals surface area (Å²) in [6.07, 6.45) is 3.43. The maximum Gasteiger partial charge on any atom is 0.327 e. The van der Waals surface area contributed by atoms with Gasteiger partial charge in [-0.15, -0.1) is 0 Å². The lowest BCUT2D eigenvalue weighted by Gasteiger charge is -1.80. The van der Waals surface area contributed by atoms with Crippen molar-refractivity contribution in [1.82, 2.24) is 5.32 Å². The minimum absolute atomic E-state index is 0.204. The van der Waals surface area contributed by atoms with Gasteiger partial charge in [0.25, 0.3) is 0 Å². The topological polar surface area (TPSA) is 104 Å². The number of hydrogen-bond donors (Lipinski definition) is 3. The molecule has 0 aromatic carbocycles. The second-order valence-corrected chi connectivity index (χ2v) is 2.54. The van der Waals surface area contributed by atoms with Gasteiger partial charge in [-0.2, -0.15) is 0 Å². The zero-order valence-electron chi connectivity index (χ0n) is 8.81. The summed E-state index contributed by atoms with van der Waals surface area (Å²) < 4.78 is 0. The molecular weight excluding hydrogens is 214 g/mol. The summed E-state index contributed by atoms with van der Waals surface area (Å²) in [5.74, 6) is -1.76. The van der Waals surface area contributed by atoms with E-state index < -0.39 is 11.9 Å². The van der Waals surface area contributed by atoms with Gasteiger partial charge in [-0.1, -0.05) is 13.2 Å². The van der Waals surface area contributed by atoms with E-state index in [1.54, 1.807) is 0 Å². The summed E-state index contributed by atoms with van der Waals surface area (Å²) in [4.78, 5) is 28.6.